The molecule has 1 aliphatic carbocycles. The molecule has 110 valence electrons. The Hall–Kier alpha value is -2.55. The van der Waals surface area contributed by atoms with E-state index in [1.54, 1.807) is 7.11 Å². The number of para-hydroxylation sites is 1. The molecule has 2 aliphatic rings. The predicted octanol–water partition coefficient (Wildman–Crippen LogP) is 3.23. The van der Waals surface area contributed by atoms with Crippen molar-refractivity contribution in [1.82, 2.24) is 0 Å². The van der Waals surface area contributed by atoms with E-state index >= 15 is 0 Å². The molecule has 4 rings (SSSR count). The van der Waals surface area contributed by atoms with E-state index in [2.05, 4.69) is 12.1 Å². The van der Waals surface area contributed by atoms with Crippen molar-refractivity contribution in [2.24, 2.45) is 5.92 Å². The first-order valence-electron chi connectivity index (χ1n) is 7.42. The van der Waals surface area contributed by atoms with Crippen molar-refractivity contribution in [3.8, 4) is 5.75 Å². The van der Waals surface area contributed by atoms with E-state index < -0.39 is 0 Å². The van der Waals surface area contributed by atoms with Gasteiger partial charge in [-0.05, 0) is 23.6 Å². The number of hydrogen-bond donors (Lipinski definition) is 0. The summed E-state index contributed by atoms with van der Waals surface area (Å²) in [6, 6.07) is 16.1. The fourth-order valence-electron chi connectivity index (χ4n) is 3.47. The number of carbonyl (C=O) groups excluding carboxylic acids is 1. The molecule has 1 unspecified atom stereocenters. The summed E-state index contributed by atoms with van der Waals surface area (Å²) < 4.78 is 10.8. The molecule has 1 saturated heterocycles. The van der Waals surface area contributed by atoms with Gasteiger partial charge in [-0.15, -0.1) is 0 Å². The molecule has 2 aromatic carbocycles. The van der Waals surface area contributed by atoms with Crippen LogP contribution in [-0.2, 0) is 16.0 Å². The highest BCUT2D eigenvalue weighted by atomic mass is 16.5. The number of cyclic esters (lactones) is 1. The average Bonchev–Trinajstić information content (AvgIpc) is 2.93. The van der Waals surface area contributed by atoms with E-state index in [0.29, 0.717) is 6.61 Å². The monoisotopic (exact) mass is 292 g/mol. The minimum atomic E-state index is -0.194. The third-order valence-electron chi connectivity index (χ3n) is 4.44. The predicted molar refractivity (Wildman–Crippen MR) is 83.6 cm³/mol. The van der Waals surface area contributed by atoms with Crippen LogP contribution in [0.2, 0.25) is 0 Å². The first-order valence-corrected chi connectivity index (χ1v) is 7.42. The second kappa shape index (κ2) is 5.02. The summed E-state index contributed by atoms with van der Waals surface area (Å²) in [6.45, 7) is 0.473. The fraction of sp³-hybridized carbons (Fsp3) is 0.211. The number of esters is 1. The van der Waals surface area contributed by atoms with Crippen LogP contribution < -0.4 is 4.74 Å². The minimum absolute atomic E-state index is 0.141. The first-order chi connectivity index (χ1) is 10.8. The fourth-order valence-corrected chi connectivity index (χ4v) is 3.47. The van der Waals surface area contributed by atoms with Gasteiger partial charge in [0.25, 0.3) is 0 Å². The smallest absolute Gasteiger partial charge is 0.335 e. The van der Waals surface area contributed by atoms with Crippen LogP contribution in [0.3, 0.4) is 0 Å². The molecule has 1 fully saturated rings. The van der Waals surface area contributed by atoms with Gasteiger partial charge < -0.3 is 9.47 Å². The Morgan fingerprint density at radius 3 is 2.59 bits per heavy atom. The maximum absolute atomic E-state index is 12.3. The van der Waals surface area contributed by atoms with E-state index in [1.807, 2.05) is 36.4 Å². The van der Waals surface area contributed by atoms with E-state index in [9.17, 15) is 4.79 Å². The lowest BCUT2D eigenvalue weighted by atomic mass is 9.77. The van der Waals surface area contributed by atoms with Gasteiger partial charge in [-0.2, -0.15) is 0 Å². The number of ether oxygens (including phenoxy) is 2. The van der Waals surface area contributed by atoms with Gasteiger partial charge in [0.1, 0.15) is 5.75 Å². The van der Waals surface area contributed by atoms with Gasteiger partial charge in [-0.3, -0.25) is 0 Å². The summed E-state index contributed by atoms with van der Waals surface area (Å²) in [5, 5.41) is 0. The third kappa shape index (κ3) is 1.86. The number of benzene rings is 2. The molecule has 0 aromatic heterocycles. The second-order valence-corrected chi connectivity index (χ2v) is 5.65. The first kappa shape index (κ1) is 13.1. The zero-order valence-corrected chi connectivity index (χ0v) is 12.3. The van der Waals surface area contributed by atoms with Gasteiger partial charge in [0, 0.05) is 17.1 Å². The molecule has 0 saturated carbocycles. The van der Waals surface area contributed by atoms with Gasteiger partial charge in [0.2, 0.25) is 0 Å². The van der Waals surface area contributed by atoms with E-state index in [0.717, 1.165) is 34.4 Å². The lowest BCUT2D eigenvalue weighted by Gasteiger charge is -2.24. The van der Waals surface area contributed by atoms with Crippen molar-refractivity contribution < 1.29 is 14.3 Å². The van der Waals surface area contributed by atoms with Crippen molar-refractivity contribution >= 4 is 11.5 Å². The van der Waals surface area contributed by atoms with Gasteiger partial charge >= 0.3 is 5.97 Å². The summed E-state index contributed by atoms with van der Waals surface area (Å²) in [5.41, 5.74) is 5.08. The van der Waals surface area contributed by atoms with Crippen molar-refractivity contribution in [2.75, 3.05) is 13.7 Å². The molecular weight excluding hydrogens is 276 g/mol. The van der Waals surface area contributed by atoms with Crippen LogP contribution in [0.25, 0.3) is 5.57 Å². The van der Waals surface area contributed by atoms with Crippen LogP contribution in [0.5, 0.6) is 5.75 Å². The second-order valence-electron chi connectivity index (χ2n) is 5.65. The van der Waals surface area contributed by atoms with Crippen LogP contribution in [0.4, 0.5) is 0 Å². The highest BCUT2D eigenvalue weighted by molar-refractivity contribution is 6.05. The van der Waals surface area contributed by atoms with Crippen LogP contribution in [0, 0.1) is 5.92 Å². The zero-order chi connectivity index (χ0) is 15.1. The molecule has 0 amide bonds. The Kier molecular flexibility index (Phi) is 3.00. The van der Waals surface area contributed by atoms with Crippen molar-refractivity contribution in [3.63, 3.8) is 0 Å². The van der Waals surface area contributed by atoms with Crippen molar-refractivity contribution in [1.29, 1.82) is 0 Å². The summed E-state index contributed by atoms with van der Waals surface area (Å²) in [4.78, 5) is 12.3. The molecule has 3 nitrogen and oxygen atoms in total. The topological polar surface area (TPSA) is 35.5 Å². The van der Waals surface area contributed by atoms with E-state index in [1.165, 1.54) is 5.56 Å². The summed E-state index contributed by atoms with van der Waals surface area (Å²) in [7, 11) is 1.66. The van der Waals surface area contributed by atoms with E-state index in [4.69, 9.17) is 9.47 Å². The number of fused-ring (bicyclic) bond motifs is 2. The highest BCUT2D eigenvalue weighted by Gasteiger charge is 2.38. The number of carbonyl (C=O) groups is 1. The molecule has 2 aromatic rings. The Morgan fingerprint density at radius 2 is 1.77 bits per heavy atom. The van der Waals surface area contributed by atoms with E-state index in [-0.39, 0.29) is 11.9 Å². The lowest BCUT2D eigenvalue weighted by molar-refractivity contribution is -0.135. The van der Waals surface area contributed by atoms with Gasteiger partial charge in [0.05, 0.1) is 19.3 Å². The quantitative estimate of drug-likeness (QED) is 0.797. The maximum Gasteiger partial charge on any atom is 0.335 e. The van der Waals surface area contributed by atoms with Crippen molar-refractivity contribution in [3.05, 3.63) is 70.8 Å². The molecule has 0 radical (unpaired) electrons. The Balaban J connectivity index is 2.04. The molecule has 3 heteroatoms. The van der Waals surface area contributed by atoms with Crippen LogP contribution in [0.1, 0.15) is 16.7 Å². The molecule has 1 aliphatic heterocycles. The largest absolute Gasteiger partial charge is 0.496 e. The van der Waals surface area contributed by atoms with Crippen LogP contribution in [-0.4, -0.2) is 19.7 Å². The lowest BCUT2D eigenvalue weighted by Crippen LogP contribution is -2.17. The Bertz CT molecular complexity index is 789. The highest BCUT2D eigenvalue weighted by Crippen LogP contribution is 2.44. The maximum atomic E-state index is 12.3. The molecule has 1 atom stereocenters. The normalized spacial score (nSPS) is 19.5. The third-order valence-corrected chi connectivity index (χ3v) is 4.44. The zero-order valence-electron chi connectivity index (χ0n) is 12.3. The number of hydrogen-bond acceptors (Lipinski definition) is 3. The average molecular weight is 292 g/mol. The summed E-state index contributed by atoms with van der Waals surface area (Å²) >= 11 is 0. The standard InChI is InChI=1S/C19H16O3/c1-21-16-9-5-4-8-15(16)18-14-7-3-2-6-12(14)10-13-11-22-19(20)17(13)18/h2-9,13H,10-11H2,1H3. The number of rotatable bonds is 2. The molecule has 22 heavy (non-hydrogen) atoms. The molecule has 0 N–H and O–H groups in total. The minimum Gasteiger partial charge on any atom is -0.496 e. The Morgan fingerprint density at radius 1 is 1.05 bits per heavy atom. The number of methoxy groups -OCH3 is 1. The molecular formula is C19H16O3. The Labute approximate surface area is 129 Å². The molecule has 1 heterocycles. The SMILES string of the molecule is COc1ccccc1C1=C2C(=O)OCC2Cc2ccccc21. The van der Waals surface area contributed by atoms with Crippen LogP contribution in [0.15, 0.2) is 54.1 Å². The van der Waals surface area contributed by atoms with Gasteiger partial charge in [-0.1, -0.05) is 42.5 Å². The summed E-state index contributed by atoms with van der Waals surface area (Å²) in [6.07, 6.45) is 0.857. The van der Waals surface area contributed by atoms with Gasteiger partial charge in [-0.25, -0.2) is 4.79 Å². The summed E-state index contributed by atoms with van der Waals surface area (Å²) in [5.74, 6) is 0.725. The van der Waals surface area contributed by atoms with Crippen LogP contribution >= 0.6 is 0 Å². The molecule has 0 spiro atoms. The van der Waals surface area contributed by atoms with Crippen molar-refractivity contribution in [2.45, 2.75) is 6.42 Å². The molecule has 0 bridgehead atoms. The van der Waals surface area contributed by atoms with Gasteiger partial charge in [0.15, 0.2) is 0 Å².